The number of urea groups is 1. The predicted molar refractivity (Wildman–Crippen MR) is 90.5 cm³/mol. The number of nitrogens with zero attached hydrogens (tertiary/aromatic N) is 1. The lowest BCUT2D eigenvalue weighted by molar-refractivity contribution is -0.0123. The zero-order valence-electron chi connectivity index (χ0n) is 12.7. The largest absolute Gasteiger partial charge is 0.379 e. The van der Waals surface area contributed by atoms with Crippen LogP contribution in [0.15, 0.2) is 30.3 Å². The number of thioether (sulfide) groups is 1. The molecule has 1 aromatic carbocycles. The number of carbonyl (C=O) groups excluding carboxylic acids is 1. The van der Waals surface area contributed by atoms with Gasteiger partial charge in [0.05, 0.1) is 13.2 Å². The molecule has 2 fully saturated rings. The summed E-state index contributed by atoms with van der Waals surface area (Å²) in [6.45, 7) is 4.20. The van der Waals surface area contributed by atoms with Gasteiger partial charge in [-0.2, -0.15) is 11.8 Å². The summed E-state index contributed by atoms with van der Waals surface area (Å²) in [5.74, 6) is 2.25. The molecule has 0 saturated carbocycles. The quantitative estimate of drug-likeness (QED) is 0.891. The maximum absolute atomic E-state index is 12.1. The third kappa shape index (κ3) is 3.74. The first-order valence-electron chi connectivity index (χ1n) is 7.79. The highest BCUT2D eigenvalue weighted by atomic mass is 32.2. The molecule has 22 heavy (non-hydrogen) atoms. The first-order valence-corrected chi connectivity index (χ1v) is 8.94. The van der Waals surface area contributed by atoms with Gasteiger partial charge in [0.15, 0.2) is 0 Å². The van der Waals surface area contributed by atoms with Gasteiger partial charge in [0.1, 0.15) is 0 Å². The molecule has 2 N–H and O–H groups in total. The molecule has 0 aliphatic carbocycles. The molecule has 0 aromatic heterocycles. The second-order valence-electron chi connectivity index (χ2n) is 5.80. The number of ether oxygens (including phenoxy) is 1. The van der Waals surface area contributed by atoms with Crippen molar-refractivity contribution in [2.45, 2.75) is 12.0 Å². The molecule has 1 atom stereocenters. The molecule has 2 saturated heterocycles. The van der Waals surface area contributed by atoms with Crippen molar-refractivity contribution in [1.29, 1.82) is 0 Å². The van der Waals surface area contributed by atoms with Crippen LogP contribution < -0.4 is 10.6 Å². The van der Waals surface area contributed by atoms with Gasteiger partial charge in [0.25, 0.3) is 0 Å². The topological polar surface area (TPSA) is 53.6 Å². The van der Waals surface area contributed by atoms with Crippen molar-refractivity contribution in [3.8, 4) is 0 Å². The second-order valence-corrected chi connectivity index (χ2v) is 6.91. The maximum atomic E-state index is 12.1. The molecule has 3 rings (SSSR count). The van der Waals surface area contributed by atoms with Crippen molar-refractivity contribution in [1.82, 2.24) is 10.2 Å². The Balaban J connectivity index is 1.56. The Kier molecular flexibility index (Phi) is 5.23. The zero-order valence-corrected chi connectivity index (χ0v) is 13.5. The molecule has 0 bridgehead atoms. The Morgan fingerprint density at radius 2 is 2.05 bits per heavy atom. The van der Waals surface area contributed by atoms with Crippen molar-refractivity contribution in [2.24, 2.45) is 0 Å². The molecule has 6 heteroatoms. The number of hydrogen-bond acceptors (Lipinski definition) is 4. The normalized spacial score (nSPS) is 25.8. The van der Waals surface area contributed by atoms with Gasteiger partial charge in [-0.05, 0) is 24.3 Å². The lowest BCUT2D eigenvalue weighted by Crippen LogP contribution is -2.59. The molecule has 5 nitrogen and oxygen atoms in total. The highest BCUT2D eigenvalue weighted by Gasteiger charge is 2.40. The standard InChI is InChI=1S/C16H23N3O2S/c20-15(18-14-4-2-1-3-5-14)17-12-16(6-11-22-13-16)19-7-9-21-10-8-19/h1-5H,6-13H2,(H2,17,18,20)/t16-/m1/s1. The Morgan fingerprint density at radius 3 is 2.73 bits per heavy atom. The summed E-state index contributed by atoms with van der Waals surface area (Å²) in [6, 6.07) is 9.42. The Hall–Kier alpha value is -1.24. The Bertz CT molecular complexity index is 485. The van der Waals surface area contributed by atoms with E-state index in [1.807, 2.05) is 42.1 Å². The lowest BCUT2D eigenvalue weighted by Gasteiger charge is -2.43. The van der Waals surface area contributed by atoms with Crippen LogP contribution in [-0.2, 0) is 4.74 Å². The van der Waals surface area contributed by atoms with E-state index in [1.165, 1.54) is 5.75 Å². The summed E-state index contributed by atoms with van der Waals surface area (Å²) in [5, 5.41) is 5.95. The van der Waals surface area contributed by atoms with Gasteiger partial charge in [0, 0.05) is 36.6 Å². The van der Waals surface area contributed by atoms with E-state index in [1.54, 1.807) is 0 Å². The fraction of sp³-hybridized carbons (Fsp3) is 0.562. The first-order chi connectivity index (χ1) is 10.8. The molecule has 0 unspecified atom stereocenters. The van der Waals surface area contributed by atoms with Crippen LogP contribution in [0.2, 0.25) is 0 Å². The van der Waals surface area contributed by atoms with E-state index >= 15 is 0 Å². The van der Waals surface area contributed by atoms with Gasteiger partial charge >= 0.3 is 6.03 Å². The minimum atomic E-state index is -0.129. The van der Waals surface area contributed by atoms with E-state index in [4.69, 9.17) is 4.74 Å². The maximum Gasteiger partial charge on any atom is 0.319 e. The SMILES string of the molecule is O=C(NC[C@]1(N2CCOCC2)CCSC1)Nc1ccccc1. The second kappa shape index (κ2) is 7.35. The van der Waals surface area contributed by atoms with Gasteiger partial charge in [-0.1, -0.05) is 18.2 Å². The van der Waals surface area contributed by atoms with E-state index in [2.05, 4.69) is 15.5 Å². The summed E-state index contributed by atoms with van der Waals surface area (Å²) in [7, 11) is 0. The van der Waals surface area contributed by atoms with Crippen molar-refractivity contribution in [3.05, 3.63) is 30.3 Å². The van der Waals surface area contributed by atoms with Crippen LogP contribution >= 0.6 is 11.8 Å². The molecule has 2 aliphatic heterocycles. The molecule has 1 aromatic rings. The van der Waals surface area contributed by atoms with Crippen LogP contribution in [0.5, 0.6) is 0 Å². The first kappa shape index (κ1) is 15.6. The fourth-order valence-electron chi connectivity index (χ4n) is 3.08. The average Bonchev–Trinajstić information content (AvgIpc) is 3.05. The average molecular weight is 321 g/mol. The molecule has 0 radical (unpaired) electrons. The minimum absolute atomic E-state index is 0.0858. The number of para-hydroxylation sites is 1. The van der Waals surface area contributed by atoms with E-state index in [0.717, 1.165) is 44.2 Å². The minimum Gasteiger partial charge on any atom is -0.379 e. The third-order valence-corrected chi connectivity index (χ3v) is 5.61. The highest BCUT2D eigenvalue weighted by molar-refractivity contribution is 7.99. The van der Waals surface area contributed by atoms with Gasteiger partial charge in [-0.15, -0.1) is 0 Å². The molecule has 2 heterocycles. The predicted octanol–water partition coefficient (Wildman–Crippen LogP) is 2.02. The van der Waals surface area contributed by atoms with Crippen molar-refractivity contribution >= 4 is 23.5 Å². The number of rotatable bonds is 4. The van der Waals surface area contributed by atoms with Crippen LogP contribution in [0, 0.1) is 0 Å². The smallest absolute Gasteiger partial charge is 0.319 e. The zero-order chi connectivity index (χ0) is 15.3. The summed E-state index contributed by atoms with van der Waals surface area (Å²) < 4.78 is 5.46. The van der Waals surface area contributed by atoms with Crippen LogP contribution in [0.4, 0.5) is 10.5 Å². The molecule has 2 amide bonds. The van der Waals surface area contributed by atoms with Crippen LogP contribution in [0.1, 0.15) is 6.42 Å². The van der Waals surface area contributed by atoms with Crippen molar-refractivity contribution < 1.29 is 9.53 Å². The third-order valence-electron chi connectivity index (χ3n) is 4.37. The summed E-state index contributed by atoms with van der Waals surface area (Å²) in [6.07, 6.45) is 1.13. The van der Waals surface area contributed by atoms with Crippen LogP contribution in [0.3, 0.4) is 0 Å². The number of morpholine rings is 1. The lowest BCUT2D eigenvalue weighted by atomic mass is 9.95. The number of amides is 2. The summed E-state index contributed by atoms with van der Waals surface area (Å²) in [5.41, 5.74) is 0.906. The van der Waals surface area contributed by atoms with Crippen molar-refractivity contribution in [2.75, 3.05) is 49.7 Å². The van der Waals surface area contributed by atoms with Gasteiger partial charge in [-0.25, -0.2) is 4.79 Å². The monoisotopic (exact) mass is 321 g/mol. The fourth-order valence-corrected chi connectivity index (χ4v) is 4.55. The number of hydrogen-bond donors (Lipinski definition) is 2. The molecule has 120 valence electrons. The van der Waals surface area contributed by atoms with E-state index in [0.29, 0.717) is 6.54 Å². The Morgan fingerprint density at radius 1 is 1.27 bits per heavy atom. The van der Waals surface area contributed by atoms with Crippen LogP contribution in [-0.4, -0.2) is 60.8 Å². The Labute approximate surface area is 135 Å². The summed E-state index contributed by atoms with van der Waals surface area (Å²) in [4.78, 5) is 14.6. The molecular formula is C16H23N3O2S. The number of carbonyl (C=O) groups is 1. The van der Waals surface area contributed by atoms with Gasteiger partial charge < -0.3 is 15.4 Å². The van der Waals surface area contributed by atoms with Gasteiger partial charge in [-0.3, -0.25) is 4.90 Å². The molecule has 0 spiro atoms. The van der Waals surface area contributed by atoms with Crippen LogP contribution in [0.25, 0.3) is 0 Å². The number of anilines is 1. The summed E-state index contributed by atoms with van der Waals surface area (Å²) >= 11 is 1.98. The number of nitrogens with one attached hydrogen (secondary N) is 2. The van der Waals surface area contributed by atoms with Gasteiger partial charge in [0.2, 0.25) is 0 Å². The van der Waals surface area contributed by atoms with E-state index < -0.39 is 0 Å². The van der Waals surface area contributed by atoms with Crippen molar-refractivity contribution in [3.63, 3.8) is 0 Å². The van der Waals surface area contributed by atoms with E-state index in [-0.39, 0.29) is 11.6 Å². The van der Waals surface area contributed by atoms with E-state index in [9.17, 15) is 4.79 Å². The number of benzene rings is 1. The highest BCUT2D eigenvalue weighted by Crippen LogP contribution is 2.33. The molecular weight excluding hydrogens is 298 g/mol. The molecule has 2 aliphatic rings.